The van der Waals surface area contributed by atoms with E-state index in [0.29, 0.717) is 11.7 Å². The molecule has 1 amide bonds. The van der Waals surface area contributed by atoms with Gasteiger partial charge in [-0.3, -0.25) is 4.98 Å². The van der Waals surface area contributed by atoms with Gasteiger partial charge in [-0.15, -0.1) is 0 Å². The molecule has 23 heavy (non-hydrogen) atoms. The maximum Gasteiger partial charge on any atom is 0.408 e. The summed E-state index contributed by atoms with van der Waals surface area (Å²) in [6.07, 6.45) is 2.84. The van der Waals surface area contributed by atoms with Crippen LogP contribution in [0.2, 0.25) is 0 Å². The van der Waals surface area contributed by atoms with Gasteiger partial charge in [0.2, 0.25) is 5.89 Å². The number of nitrogens with one attached hydrogen (secondary N) is 1. The third kappa shape index (κ3) is 4.55. The van der Waals surface area contributed by atoms with E-state index in [4.69, 9.17) is 9.15 Å². The minimum absolute atomic E-state index is 0.402. The number of alkyl carbamates (subject to hydrolysis) is 1. The van der Waals surface area contributed by atoms with Crippen molar-refractivity contribution in [2.24, 2.45) is 0 Å². The first-order valence-corrected chi connectivity index (χ1v) is 7.47. The Morgan fingerprint density at radius 1 is 1.13 bits per heavy atom. The number of hydrogen-bond acceptors (Lipinski definition) is 5. The highest BCUT2D eigenvalue weighted by Gasteiger charge is 2.30. The molecule has 6 nitrogen and oxygen atoms in total. The Kier molecular flexibility index (Phi) is 4.45. The van der Waals surface area contributed by atoms with Crippen LogP contribution in [0, 0.1) is 6.92 Å². The number of amides is 1. The van der Waals surface area contributed by atoms with Crippen LogP contribution in [0.15, 0.2) is 28.9 Å². The standard InChI is InChI=1S/C17H23N3O3/c1-11-7-8-12(9-18-11)13-10-19-14(22-13)17(5,6)20-15(21)23-16(2,3)4/h7-10H,1-6H3,(H,20,21). The van der Waals surface area contributed by atoms with Crippen LogP contribution in [0.25, 0.3) is 11.3 Å². The zero-order chi connectivity index (χ0) is 17.3. The number of nitrogens with zero attached hydrogens (tertiary/aromatic N) is 2. The molecule has 1 N–H and O–H groups in total. The van der Waals surface area contributed by atoms with E-state index in [9.17, 15) is 4.79 Å². The van der Waals surface area contributed by atoms with Crippen LogP contribution < -0.4 is 5.32 Å². The third-order valence-corrected chi connectivity index (χ3v) is 3.05. The average Bonchev–Trinajstić information content (AvgIpc) is 2.86. The number of ether oxygens (including phenoxy) is 1. The fourth-order valence-electron chi connectivity index (χ4n) is 1.92. The lowest BCUT2D eigenvalue weighted by molar-refractivity contribution is 0.0456. The van der Waals surface area contributed by atoms with Crippen LogP contribution in [0.3, 0.4) is 0 Å². The Morgan fingerprint density at radius 2 is 1.83 bits per heavy atom. The lowest BCUT2D eigenvalue weighted by Gasteiger charge is -2.26. The molecular formula is C17H23N3O3. The molecule has 0 aliphatic carbocycles. The van der Waals surface area contributed by atoms with Gasteiger partial charge in [0.15, 0.2) is 5.76 Å². The Labute approximate surface area is 136 Å². The molecule has 0 aliphatic heterocycles. The second-order valence-electron chi connectivity index (χ2n) is 6.97. The molecule has 0 aromatic carbocycles. The van der Waals surface area contributed by atoms with Gasteiger partial charge in [-0.2, -0.15) is 0 Å². The number of hydrogen-bond donors (Lipinski definition) is 1. The van der Waals surface area contributed by atoms with E-state index in [1.165, 1.54) is 0 Å². The maximum absolute atomic E-state index is 11.9. The highest BCUT2D eigenvalue weighted by molar-refractivity contribution is 5.68. The molecule has 6 heteroatoms. The molecule has 0 saturated carbocycles. The zero-order valence-electron chi connectivity index (χ0n) is 14.4. The summed E-state index contributed by atoms with van der Waals surface area (Å²) in [5.74, 6) is 1.01. The van der Waals surface area contributed by atoms with Crippen molar-refractivity contribution in [2.75, 3.05) is 0 Å². The Morgan fingerprint density at radius 3 is 2.39 bits per heavy atom. The molecule has 2 aromatic heterocycles. The van der Waals surface area contributed by atoms with E-state index in [1.807, 2.05) is 39.8 Å². The zero-order valence-corrected chi connectivity index (χ0v) is 14.4. The fourth-order valence-corrected chi connectivity index (χ4v) is 1.92. The van der Waals surface area contributed by atoms with Crippen LogP contribution >= 0.6 is 0 Å². The first-order valence-electron chi connectivity index (χ1n) is 7.47. The number of carbonyl (C=O) groups excluding carboxylic acids is 1. The van der Waals surface area contributed by atoms with E-state index < -0.39 is 17.2 Å². The van der Waals surface area contributed by atoms with Crippen LogP contribution in [0.4, 0.5) is 4.79 Å². The fraction of sp³-hybridized carbons (Fsp3) is 0.471. The van der Waals surface area contributed by atoms with Crippen molar-refractivity contribution in [1.82, 2.24) is 15.3 Å². The summed E-state index contributed by atoms with van der Waals surface area (Å²) >= 11 is 0. The van der Waals surface area contributed by atoms with Crippen LogP contribution in [-0.4, -0.2) is 21.7 Å². The topological polar surface area (TPSA) is 77.2 Å². The summed E-state index contributed by atoms with van der Waals surface area (Å²) in [5, 5.41) is 2.77. The summed E-state index contributed by atoms with van der Waals surface area (Å²) in [6.45, 7) is 11.0. The summed E-state index contributed by atoms with van der Waals surface area (Å²) in [4.78, 5) is 20.5. The van der Waals surface area contributed by atoms with Crippen molar-refractivity contribution in [1.29, 1.82) is 0 Å². The lowest BCUT2D eigenvalue weighted by Crippen LogP contribution is -2.44. The average molecular weight is 317 g/mol. The number of carbonyl (C=O) groups is 1. The highest BCUT2D eigenvalue weighted by atomic mass is 16.6. The third-order valence-electron chi connectivity index (χ3n) is 3.05. The van der Waals surface area contributed by atoms with Gasteiger partial charge >= 0.3 is 6.09 Å². The lowest BCUT2D eigenvalue weighted by atomic mass is 10.1. The second-order valence-corrected chi connectivity index (χ2v) is 6.97. The van der Waals surface area contributed by atoms with E-state index in [0.717, 1.165) is 11.3 Å². The number of aryl methyl sites for hydroxylation is 1. The van der Waals surface area contributed by atoms with Crippen LogP contribution in [0.1, 0.15) is 46.2 Å². The van der Waals surface area contributed by atoms with Gasteiger partial charge in [-0.1, -0.05) is 0 Å². The van der Waals surface area contributed by atoms with Gasteiger partial charge in [-0.05, 0) is 53.7 Å². The molecule has 2 heterocycles. The molecule has 0 aliphatic rings. The maximum atomic E-state index is 11.9. The Hall–Kier alpha value is -2.37. The van der Waals surface area contributed by atoms with Gasteiger partial charge in [0.1, 0.15) is 11.1 Å². The van der Waals surface area contributed by atoms with Crippen molar-refractivity contribution in [3.05, 3.63) is 36.1 Å². The summed E-state index contributed by atoms with van der Waals surface area (Å²) < 4.78 is 11.1. The van der Waals surface area contributed by atoms with Crippen LogP contribution in [-0.2, 0) is 10.3 Å². The van der Waals surface area contributed by atoms with Crippen molar-refractivity contribution in [3.63, 3.8) is 0 Å². The molecule has 2 aromatic rings. The molecule has 124 valence electrons. The molecule has 0 bridgehead atoms. The summed E-state index contributed by atoms with van der Waals surface area (Å²) in [5.41, 5.74) is 0.414. The van der Waals surface area contributed by atoms with Gasteiger partial charge < -0.3 is 14.5 Å². The molecule has 2 rings (SSSR count). The highest BCUT2D eigenvalue weighted by Crippen LogP contribution is 2.26. The van der Waals surface area contributed by atoms with Gasteiger partial charge in [0, 0.05) is 17.5 Å². The minimum atomic E-state index is -0.793. The Balaban J connectivity index is 2.14. The largest absolute Gasteiger partial charge is 0.444 e. The SMILES string of the molecule is Cc1ccc(-c2cnc(C(C)(C)NC(=O)OC(C)(C)C)o2)cn1. The first-order chi connectivity index (χ1) is 10.6. The molecule has 0 saturated heterocycles. The van der Waals surface area contributed by atoms with Crippen LogP contribution in [0.5, 0.6) is 0 Å². The van der Waals surface area contributed by atoms with E-state index >= 15 is 0 Å². The monoisotopic (exact) mass is 317 g/mol. The van der Waals surface area contributed by atoms with Crippen molar-refractivity contribution in [3.8, 4) is 11.3 Å². The molecule has 0 atom stereocenters. The number of aromatic nitrogens is 2. The van der Waals surface area contributed by atoms with Gasteiger partial charge in [0.25, 0.3) is 0 Å². The summed E-state index contributed by atoms with van der Waals surface area (Å²) in [7, 11) is 0. The van der Waals surface area contributed by atoms with E-state index in [1.54, 1.807) is 26.2 Å². The summed E-state index contributed by atoms with van der Waals surface area (Å²) in [6, 6.07) is 3.82. The van der Waals surface area contributed by atoms with Crippen molar-refractivity contribution in [2.45, 2.75) is 52.7 Å². The molecule has 0 fully saturated rings. The second kappa shape index (κ2) is 6.02. The predicted octanol–water partition coefficient (Wildman–Crippen LogP) is 3.80. The molecular weight excluding hydrogens is 294 g/mol. The van der Waals surface area contributed by atoms with E-state index in [2.05, 4.69) is 15.3 Å². The molecule has 0 spiro atoms. The van der Waals surface area contributed by atoms with E-state index in [-0.39, 0.29) is 0 Å². The first kappa shape index (κ1) is 17.0. The Bertz CT molecular complexity index is 682. The van der Waals surface area contributed by atoms with Crippen molar-refractivity contribution >= 4 is 6.09 Å². The number of rotatable bonds is 3. The van der Waals surface area contributed by atoms with Gasteiger partial charge in [-0.25, -0.2) is 9.78 Å². The number of oxazole rings is 1. The normalized spacial score (nSPS) is 12.1. The predicted molar refractivity (Wildman–Crippen MR) is 86.9 cm³/mol. The van der Waals surface area contributed by atoms with Gasteiger partial charge in [0.05, 0.1) is 6.20 Å². The smallest absolute Gasteiger partial charge is 0.408 e. The van der Waals surface area contributed by atoms with Crippen molar-refractivity contribution < 1.29 is 13.9 Å². The molecule has 0 radical (unpaired) electrons. The number of pyridine rings is 1. The quantitative estimate of drug-likeness (QED) is 0.931. The minimum Gasteiger partial charge on any atom is -0.444 e. The molecule has 0 unspecified atom stereocenters.